The van der Waals surface area contributed by atoms with E-state index in [1.165, 1.54) is 36.4 Å². The lowest BCUT2D eigenvalue weighted by atomic mass is 10.0. The van der Waals surface area contributed by atoms with Crippen LogP contribution in [0.5, 0.6) is 11.5 Å². The number of carbonyl (C=O) groups is 1. The van der Waals surface area contributed by atoms with Gasteiger partial charge in [0.05, 0.1) is 18.1 Å². The third kappa shape index (κ3) is 3.47. The van der Waals surface area contributed by atoms with Gasteiger partial charge in [-0.1, -0.05) is 12.1 Å². The maximum Gasteiger partial charge on any atom is 0.273 e. The summed E-state index contributed by atoms with van der Waals surface area (Å²) >= 11 is 0. The third-order valence-corrected chi connectivity index (χ3v) is 4.41. The largest absolute Gasteiger partial charge is 0.493 e. The summed E-state index contributed by atoms with van der Waals surface area (Å²) in [7, 11) is 1.45. The first-order chi connectivity index (χ1) is 12.0. The molecule has 0 fully saturated rings. The summed E-state index contributed by atoms with van der Waals surface area (Å²) in [4.78, 5) is 23.1. The second kappa shape index (κ2) is 6.93. The van der Waals surface area contributed by atoms with Crippen LogP contribution in [0.1, 0.15) is 34.8 Å². The Morgan fingerprint density at radius 3 is 2.60 bits per heavy atom. The molecule has 1 atom stereocenters. The molecular weight excluding hydrogens is 322 g/mol. The molecule has 130 valence electrons. The van der Waals surface area contributed by atoms with E-state index in [9.17, 15) is 14.9 Å². The van der Waals surface area contributed by atoms with Gasteiger partial charge in [-0.05, 0) is 49.4 Å². The van der Waals surface area contributed by atoms with Gasteiger partial charge in [-0.25, -0.2) is 0 Å². The molecular formula is C19H19NO5. The van der Waals surface area contributed by atoms with E-state index < -0.39 is 11.0 Å². The number of Topliss-reactive ketones (excluding diaryl/α,β-unsaturated/α-hetero) is 1. The lowest BCUT2D eigenvalue weighted by molar-refractivity contribution is -0.385. The van der Waals surface area contributed by atoms with Gasteiger partial charge in [-0.3, -0.25) is 14.9 Å². The molecule has 0 unspecified atom stereocenters. The van der Waals surface area contributed by atoms with Crippen LogP contribution in [-0.2, 0) is 12.8 Å². The quantitative estimate of drug-likeness (QED) is 0.454. The van der Waals surface area contributed by atoms with Crippen LogP contribution in [0, 0.1) is 10.1 Å². The van der Waals surface area contributed by atoms with E-state index in [0.29, 0.717) is 11.3 Å². The maximum atomic E-state index is 12.7. The minimum atomic E-state index is -0.782. The van der Waals surface area contributed by atoms with Gasteiger partial charge >= 0.3 is 0 Å². The van der Waals surface area contributed by atoms with Crippen LogP contribution in [0.15, 0.2) is 36.4 Å². The van der Waals surface area contributed by atoms with Crippen molar-refractivity contribution >= 4 is 11.5 Å². The highest BCUT2D eigenvalue weighted by Gasteiger charge is 2.22. The molecule has 0 saturated carbocycles. The minimum Gasteiger partial charge on any atom is -0.493 e. The van der Waals surface area contributed by atoms with Crippen molar-refractivity contribution in [3.63, 3.8) is 0 Å². The van der Waals surface area contributed by atoms with Gasteiger partial charge in [0.25, 0.3) is 5.69 Å². The molecule has 0 amide bonds. The van der Waals surface area contributed by atoms with Crippen molar-refractivity contribution in [2.24, 2.45) is 0 Å². The number of nitrogens with zero attached hydrogens (tertiary/aromatic N) is 1. The van der Waals surface area contributed by atoms with Gasteiger partial charge in [-0.2, -0.15) is 0 Å². The molecule has 0 N–H and O–H groups in total. The summed E-state index contributed by atoms with van der Waals surface area (Å²) in [5.74, 6) is 0.362. The topological polar surface area (TPSA) is 78.7 Å². The number of rotatable bonds is 6. The normalized spacial score (nSPS) is 13.8. The van der Waals surface area contributed by atoms with E-state index in [-0.39, 0.29) is 17.2 Å². The van der Waals surface area contributed by atoms with Crippen LogP contribution in [0.2, 0.25) is 0 Å². The van der Waals surface area contributed by atoms with E-state index in [1.807, 2.05) is 18.2 Å². The SMILES string of the molecule is COc1ccc([N+](=O)[O-])cc1O[C@@H](C)C(=O)c1ccc2c(c1)CCC2. The van der Waals surface area contributed by atoms with Crippen LogP contribution in [0.3, 0.4) is 0 Å². The minimum absolute atomic E-state index is 0.118. The maximum absolute atomic E-state index is 12.7. The number of hydrogen-bond donors (Lipinski definition) is 0. The molecule has 25 heavy (non-hydrogen) atoms. The highest BCUT2D eigenvalue weighted by Crippen LogP contribution is 2.32. The van der Waals surface area contributed by atoms with Crippen molar-refractivity contribution in [3.8, 4) is 11.5 Å². The number of aryl methyl sites for hydroxylation is 2. The molecule has 6 heteroatoms. The van der Waals surface area contributed by atoms with E-state index in [2.05, 4.69) is 0 Å². The fourth-order valence-electron chi connectivity index (χ4n) is 3.07. The van der Waals surface area contributed by atoms with Gasteiger partial charge in [-0.15, -0.1) is 0 Å². The van der Waals surface area contributed by atoms with Crippen LogP contribution in [0.4, 0.5) is 5.69 Å². The number of nitro groups is 1. The molecule has 1 aliphatic rings. The van der Waals surface area contributed by atoms with Crippen molar-refractivity contribution in [1.82, 2.24) is 0 Å². The Bertz CT molecular complexity index is 831. The summed E-state index contributed by atoms with van der Waals surface area (Å²) in [6, 6.07) is 9.80. The van der Waals surface area contributed by atoms with Crippen LogP contribution in [0.25, 0.3) is 0 Å². The molecule has 0 heterocycles. The summed E-state index contributed by atoms with van der Waals surface area (Å²) in [6.07, 6.45) is 2.38. The Morgan fingerprint density at radius 1 is 1.12 bits per heavy atom. The fraction of sp³-hybridized carbons (Fsp3) is 0.316. The van der Waals surface area contributed by atoms with Crippen molar-refractivity contribution < 1.29 is 19.2 Å². The molecule has 6 nitrogen and oxygen atoms in total. The molecule has 2 aromatic carbocycles. The van der Waals surface area contributed by atoms with Gasteiger partial charge in [0.15, 0.2) is 17.6 Å². The molecule has 0 saturated heterocycles. The van der Waals surface area contributed by atoms with Gasteiger partial charge in [0, 0.05) is 11.6 Å². The monoisotopic (exact) mass is 341 g/mol. The third-order valence-electron chi connectivity index (χ3n) is 4.41. The Labute approximate surface area is 145 Å². The van der Waals surface area contributed by atoms with Crippen molar-refractivity contribution in [1.29, 1.82) is 0 Å². The predicted molar refractivity (Wildman–Crippen MR) is 92.5 cm³/mol. The Morgan fingerprint density at radius 2 is 1.88 bits per heavy atom. The zero-order chi connectivity index (χ0) is 18.0. The standard InChI is InChI=1S/C19H19NO5/c1-12(19(21)15-7-6-13-4-3-5-14(13)10-15)25-18-11-16(20(22)23)8-9-17(18)24-2/h6-12H,3-5H2,1-2H3/t12-/m0/s1. The Balaban J connectivity index is 1.81. The lowest BCUT2D eigenvalue weighted by Gasteiger charge is -2.16. The molecule has 1 aliphatic carbocycles. The summed E-state index contributed by atoms with van der Waals surface area (Å²) in [6.45, 7) is 1.63. The average molecular weight is 341 g/mol. The molecule has 0 radical (unpaired) electrons. The molecule has 0 bridgehead atoms. The summed E-state index contributed by atoms with van der Waals surface area (Å²) in [5.41, 5.74) is 2.99. The zero-order valence-corrected chi connectivity index (χ0v) is 14.2. The predicted octanol–water partition coefficient (Wildman–Crippen LogP) is 3.74. The molecule has 3 rings (SSSR count). The second-order valence-corrected chi connectivity index (χ2v) is 6.05. The highest BCUT2D eigenvalue weighted by molar-refractivity contribution is 5.99. The number of ketones is 1. The number of benzene rings is 2. The van der Waals surface area contributed by atoms with Crippen molar-refractivity contribution in [3.05, 3.63) is 63.2 Å². The lowest BCUT2D eigenvalue weighted by Crippen LogP contribution is -2.24. The van der Waals surface area contributed by atoms with Gasteiger partial charge < -0.3 is 9.47 Å². The Hall–Kier alpha value is -2.89. The number of nitro benzene ring substituents is 1. The van der Waals surface area contributed by atoms with E-state index in [4.69, 9.17) is 9.47 Å². The van der Waals surface area contributed by atoms with E-state index in [1.54, 1.807) is 6.92 Å². The molecule has 0 spiro atoms. The molecule has 2 aromatic rings. The highest BCUT2D eigenvalue weighted by atomic mass is 16.6. The van der Waals surface area contributed by atoms with Gasteiger partial charge in [0.2, 0.25) is 5.78 Å². The Kier molecular flexibility index (Phi) is 4.70. The number of non-ortho nitro benzene ring substituents is 1. The summed E-state index contributed by atoms with van der Waals surface area (Å²) in [5, 5.41) is 10.9. The van der Waals surface area contributed by atoms with E-state index >= 15 is 0 Å². The first kappa shape index (κ1) is 17.0. The first-order valence-electron chi connectivity index (χ1n) is 8.14. The number of ether oxygens (including phenoxy) is 2. The first-order valence-corrected chi connectivity index (χ1v) is 8.14. The fourth-order valence-corrected chi connectivity index (χ4v) is 3.07. The number of methoxy groups -OCH3 is 1. The number of hydrogen-bond acceptors (Lipinski definition) is 5. The average Bonchev–Trinajstić information content (AvgIpc) is 3.08. The number of fused-ring (bicyclic) bond motifs is 1. The zero-order valence-electron chi connectivity index (χ0n) is 14.2. The molecule has 0 aliphatic heterocycles. The van der Waals surface area contributed by atoms with Crippen LogP contribution >= 0.6 is 0 Å². The van der Waals surface area contributed by atoms with Crippen molar-refractivity contribution in [2.45, 2.75) is 32.3 Å². The van der Waals surface area contributed by atoms with Crippen LogP contribution < -0.4 is 9.47 Å². The molecule has 0 aromatic heterocycles. The van der Waals surface area contributed by atoms with E-state index in [0.717, 1.165) is 19.3 Å². The number of carbonyl (C=O) groups excluding carboxylic acids is 1. The second-order valence-electron chi connectivity index (χ2n) is 6.05. The van der Waals surface area contributed by atoms with Gasteiger partial charge in [0.1, 0.15) is 0 Å². The smallest absolute Gasteiger partial charge is 0.273 e. The van der Waals surface area contributed by atoms with Crippen LogP contribution in [-0.4, -0.2) is 23.9 Å². The summed E-state index contributed by atoms with van der Waals surface area (Å²) < 4.78 is 10.9. The van der Waals surface area contributed by atoms with Crippen molar-refractivity contribution in [2.75, 3.05) is 7.11 Å².